The molecule has 2 aromatic heterocycles. The van der Waals surface area contributed by atoms with Gasteiger partial charge in [-0.3, -0.25) is 4.79 Å². The molecule has 50 valence electrons. The minimum Gasteiger partial charge on any atom is -0.310 e. The zero-order chi connectivity index (χ0) is 6.97. The first-order chi connectivity index (χ1) is 4.88. The molecule has 4 nitrogen and oxygen atoms in total. The number of nitrogens with zero attached hydrogens (tertiary/aromatic N) is 2. The molecule has 0 aliphatic heterocycles. The molecule has 0 bridgehead atoms. The van der Waals surface area contributed by atoms with Crippen LogP contribution in [0.4, 0.5) is 0 Å². The fourth-order valence-corrected chi connectivity index (χ4v) is 0.876. The molecule has 0 atom stereocenters. The highest BCUT2D eigenvalue weighted by Crippen LogP contribution is 1.91. The average molecular weight is 135 g/mol. The predicted octanol–water partition coefficient (Wildman–Crippen LogP) is 0.0226. The van der Waals surface area contributed by atoms with E-state index >= 15 is 0 Å². The molecule has 0 radical (unpaired) electrons. The van der Waals surface area contributed by atoms with Gasteiger partial charge < -0.3 is 4.98 Å². The molecule has 4 heteroatoms. The second kappa shape index (κ2) is 1.70. The Kier molecular flexibility index (Phi) is 0.887. The van der Waals surface area contributed by atoms with E-state index in [4.69, 9.17) is 0 Å². The highest BCUT2D eigenvalue weighted by Gasteiger charge is 1.93. The van der Waals surface area contributed by atoms with Crippen LogP contribution < -0.4 is 5.56 Å². The minimum absolute atomic E-state index is 0.111. The molecule has 2 heterocycles. The Hall–Kier alpha value is -1.58. The van der Waals surface area contributed by atoms with E-state index in [9.17, 15) is 4.79 Å². The van der Waals surface area contributed by atoms with E-state index in [0.29, 0.717) is 5.52 Å². The van der Waals surface area contributed by atoms with Crippen LogP contribution >= 0.6 is 0 Å². The summed E-state index contributed by atoms with van der Waals surface area (Å²) in [5, 5.41) is 3.86. The Morgan fingerprint density at radius 2 is 2.50 bits per heavy atom. The molecule has 0 aliphatic rings. The zero-order valence-corrected chi connectivity index (χ0v) is 5.11. The summed E-state index contributed by atoms with van der Waals surface area (Å²) in [6.45, 7) is 0. The third kappa shape index (κ3) is 0.556. The molecular formula is C6H5N3O. The number of hydrogen-bond acceptors (Lipinski definition) is 2. The number of H-pyrrole nitrogens is 1. The first-order valence-electron chi connectivity index (χ1n) is 2.89. The standard InChI is InChI=1S/C6H5N3O/c10-6-5-2-1-3-9(5)8-4-7-6/h1-4H,(H,7,8,10). The Balaban J connectivity index is 3.09. The zero-order valence-electron chi connectivity index (χ0n) is 5.11. The van der Waals surface area contributed by atoms with E-state index in [1.165, 1.54) is 10.8 Å². The van der Waals surface area contributed by atoms with Crippen LogP contribution in [0.15, 0.2) is 29.5 Å². The van der Waals surface area contributed by atoms with Gasteiger partial charge in [-0.2, -0.15) is 5.10 Å². The van der Waals surface area contributed by atoms with Gasteiger partial charge in [0.15, 0.2) is 0 Å². The fraction of sp³-hybridized carbons (Fsp3) is 0. The molecule has 2 rings (SSSR count). The van der Waals surface area contributed by atoms with Gasteiger partial charge in [-0.15, -0.1) is 0 Å². The summed E-state index contributed by atoms with van der Waals surface area (Å²) in [5.74, 6) is 0. The van der Waals surface area contributed by atoms with E-state index < -0.39 is 0 Å². The summed E-state index contributed by atoms with van der Waals surface area (Å²) in [7, 11) is 0. The lowest BCUT2D eigenvalue weighted by atomic mass is 10.5. The summed E-state index contributed by atoms with van der Waals surface area (Å²) < 4.78 is 1.53. The largest absolute Gasteiger partial charge is 0.310 e. The Morgan fingerprint density at radius 3 is 3.30 bits per heavy atom. The topological polar surface area (TPSA) is 50.2 Å². The van der Waals surface area contributed by atoms with Crippen LogP contribution in [0.2, 0.25) is 0 Å². The van der Waals surface area contributed by atoms with Gasteiger partial charge in [0.25, 0.3) is 5.56 Å². The van der Waals surface area contributed by atoms with Crippen LogP contribution in [0.25, 0.3) is 5.52 Å². The Labute approximate surface area is 56.1 Å². The lowest BCUT2D eigenvalue weighted by Gasteiger charge is -1.87. The predicted molar refractivity (Wildman–Crippen MR) is 35.8 cm³/mol. The molecule has 0 aliphatic carbocycles. The van der Waals surface area contributed by atoms with Crippen LogP contribution in [0.1, 0.15) is 0 Å². The summed E-state index contributed by atoms with van der Waals surface area (Å²) >= 11 is 0. The second-order valence-electron chi connectivity index (χ2n) is 1.96. The number of rotatable bonds is 0. The van der Waals surface area contributed by atoms with Crippen molar-refractivity contribution in [1.29, 1.82) is 0 Å². The quantitative estimate of drug-likeness (QED) is 0.553. The minimum atomic E-state index is -0.111. The van der Waals surface area contributed by atoms with Gasteiger partial charge in [-0.1, -0.05) is 0 Å². The van der Waals surface area contributed by atoms with Gasteiger partial charge in [0.2, 0.25) is 0 Å². The summed E-state index contributed by atoms with van der Waals surface area (Å²) in [6.07, 6.45) is 3.10. The number of fused-ring (bicyclic) bond motifs is 1. The van der Waals surface area contributed by atoms with E-state index in [2.05, 4.69) is 10.1 Å². The number of aromatic nitrogens is 3. The molecule has 0 unspecified atom stereocenters. The maximum atomic E-state index is 10.9. The first kappa shape index (κ1) is 5.22. The molecular weight excluding hydrogens is 130 g/mol. The lowest BCUT2D eigenvalue weighted by Crippen LogP contribution is -2.09. The van der Waals surface area contributed by atoms with Crippen molar-refractivity contribution in [2.45, 2.75) is 0 Å². The van der Waals surface area contributed by atoms with Crippen molar-refractivity contribution in [1.82, 2.24) is 14.6 Å². The van der Waals surface area contributed by atoms with Crippen molar-refractivity contribution < 1.29 is 0 Å². The molecule has 0 aromatic carbocycles. The third-order valence-corrected chi connectivity index (χ3v) is 1.34. The highest BCUT2D eigenvalue weighted by molar-refractivity contribution is 5.42. The number of nitrogens with one attached hydrogen (secondary N) is 1. The van der Waals surface area contributed by atoms with Gasteiger partial charge in [-0.05, 0) is 12.1 Å². The number of aromatic amines is 1. The molecule has 1 N–H and O–H groups in total. The molecule has 0 fully saturated rings. The normalized spacial score (nSPS) is 10.4. The average Bonchev–Trinajstić information content (AvgIpc) is 2.36. The molecule has 0 saturated heterocycles. The van der Waals surface area contributed by atoms with E-state index in [-0.39, 0.29) is 5.56 Å². The Morgan fingerprint density at radius 1 is 1.60 bits per heavy atom. The summed E-state index contributed by atoms with van der Waals surface area (Å²) in [5.41, 5.74) is 0.461. The maximum Gasteiger partial charge on any atom is 0.275 e. The number of hydrogen-bond donors (Lipinski definition) is 1. The molecule has 0 amide bonds. The van der Waals surface area contributed by atoms with Crippen LogP contribution in [-0.4, -0.2) is 14.6 Å². The van der Waals surface area contributed by atoms with Gasteiger partial charge >= 0.3 is 0 Å². The molecule has 0 saturated carbocycles. The lowest BCUT2D eigenvalue weighted by molar-refractivity contribution is 0.889. The fourth-order valence-electron chi connectivity index (χ4n) is 0.876. The van der Waals surface area contributed by atoms with Crippen molar-refractivity contribution in [2.75, 3.05) is 0 Å². The third-order valence-electron chi connectivity index (χ3n) is 1.34. The van der Waals surface area contributed by atoms with Crippen LogP contribution in [-0.2, 0) is 0 Å². The maximum absolute atomic E-state index is 10.9. The van der Waals surface area contributed by atoms with Gasteiger partial charge in [0, 0.05) is 6.20 Å². The summed E-state index contributed by atoms with van der Waals surface area (Å²) in [6, 6.07) is 3.49. The van der Waals surface area contributed by atoms with Crippen molar-refractivity contribution in [2.24, 2.45) is 0 Å². The summed E-state index contributed by atoms with van der Waals surface area (Å²) in [4.78, 5) is 13.4. The molecule has 2 aromatic rings. The van der Waals surface area contributed by atoms with Crippen molar-refractivity contribution >= 4 is 5.52 Å². The smallest absolute Gasteiger partial charge is 0.275 e. The molecule has 0 spiro atoms. The first-order valence-corrected chi connectivity index (χ1v) is 2.89. The monoisotopic (exact) mass is 135 g/mol. The van der Waals surface area contributed by atoms with E-state index in [1.807, 2.05) is 0 Å². The van der Waals surface area contributed by atoms with Crippen LogP contribution in [0.3, 0.4) is 0 Å². The Bertz CT molecular complexity index is 400. The van der Waals surface area contributed by atoms with E-state index in [0.717, 1.165) is 0 Å². The van der Waals surface area contributed by atoms with E-state index in [1.54, 1.807) is 18.3 Å². The van der Waals surface area contributed by atoms with Crippen molar-refractivity contribution in [3.05, 3.63) is 35.0 Å². The van der Waals surface area contributed by atoms with Crippen LogP contribution in [0.5, 0.6) is 0 Å². The van der Waals surface area contributed by atoms with Gasteiger partial charge in [-0.25, -0.2) is 4.52 Å². The molecule has 10 heavy (non-hydrogen) atoms. The SMILES string of the molecule is O=c1[nH]cnn2cccc12. The second-order valence-corrected chi connectivity index (χ2v) is 1.96. The van der Waals surface area contributed by atoms with Gasteiger partial charge in [0.1, 0.15) is 11.8 Å². The van der Waals surface area contributed by atoms with Crippen molar-refractivity contribution in [3.8, 4) is 0 Å². The van der Waals surface area contributed by atoms with Crippen LogP contribution in [0, 0.1) is 0 Å². The van der Waals surface area contributed by atoms with Gasteiger partial charge in [0.05, 0.1) is 0 Å². The highest BCUT2D eigenvalue weighted by atomic mass is 16.1. The van der Waals surface area contributed by atoms with Crippen molar-refractivity contribution in [3.63, 3.8) is 0 Å².